The monoisotopic (exact) mass is 480 g/mol. The van der Waals surface area contributed by atoms with Crippen molar-refractivity contribution in [3.05, 3.63) is 91.4 Å². The molecule has 4 rings (SSSR count). The summed E-state index contributed by atoms with van der Waals surface area (Å²) in [5.74, 6) is -0.0425. The third kappa shape index (κ3) is 4.69. The van der Waals surface area contributed by atoms with Gasteiger partial charge in [0.05, 0.1) is 10.6 Å². The van der Waals surface area contributed by atoms with Crippen LogP contribution in [0, 0.1) is 24.0 Å². The fraction of sp³-hybridized carbons (Fsp3) is 0.208. The zero-order valence-corrected chi connectivity index (χ0v) is 19.2. The van der Waals surface area contributed by atoms with Gasteiger partial charge in [-0.05, 0) is 62.6 Å². The number of hydrazone groups is 1. The molecule has 10 heteroatoms. The molecule has 9 nitrogen and oxygen atoms in total. The number of nitro benzene ring substituents is 1. The number of rotatable bonds is 5. The number of furan rings is 1. The van der Waals surface area contributed by atoms with Gasteiger partial charge in [-0.1, -0.05) is 11.6 Å². The van der Waals surface area contributed by atoms with Crippen molar-refractivity contribution in [2.75, 3.05) is 5.32 Å². The minimum atomic E-state index is -0.533. The second kappa shape index (κ2) is 9.48. The van der Waals surface area contributed by atoms with Crippen LogP contribution in [0.15, 0.2) is 52.0 Å². The molecule has 0 bridgehead atoms. The number of amides is 2. The van der Waals surface area contributed by atoms with E-state index in [4.69, 9.17) is 16.0 Å². The zero-order valence-electron chi connectivity index (χ0n) is 18.5. The smallest absolute Gasteiger partial charge is 0.291 e. The lowest BCUT2D eigenvalue weighted by Gasteiger charge is -2.13. The quantitative estimate of drug-likeness (QED) is 0.384. The Kier molecular flexibility index (Phi) is 6.47. The van der Waals surface area contributed by atoms with Crippen molar-refractivity contribution in [2.45, 2.75) is 33.1 Å². The second-order valence-corrected chi connectivity index (χ2v) is 8.36. The number of hydrogen-bond acceptors (Lipinski definition) is 6. The fourth-order valence-corrected chi connectivity index (χ4v) is 4.09. The molecule has 174 valence electrons. The molecule has 0 aliphatic heterocycles. The molecule has 1 aliphatic carbocycles. The van der Waals surface area contributed by atoms with E-state index in [-0.39, 0.29) is 22.9 Å². The van der Waals surface area contributed by atoms with Gasteiger partial charge in [0.15, 0.2) is 5.76 Å². The number of carbonyl (C=O) groups is 2. The molecule has 1 heterocycles. The van der Waals surface area contributed by atoms with Crippen LogP contribution >= 0.6 is 11.6 Å². The third-order valence-electron chi connectivity index (χ3n) is 5.60. The maximum atomic E-state index is 12.9. The Morgan fingerprint density at radius 2 is 1.82 bits per heavy atom. The molecule has 1 aromatic heterocycles. The summed E-state index contributed by atoms with van der Waals surface area (Å²) in [6.07, 6.45) is 2.01. The van der Waals surface area contributed by atoms with Crippen molar-refractivity contribution in [1.29, 1.82) is 0 Å². The Bertz CT molecular complexity index is 1330. The van der Waals surface area contributed by atoms with Gasteiger partial charge < -0.3 is 9.73 Å². The Morgan fingerprint density at radius 3 is 2.50 bits per heavy atom. The third-order valence-corrected chi connectivity index (χ3v) is 5.84. The summed E-state index contributed by atoms with van der Waals surface area (Å²) < 4.78 is 5.90. The predicted octanol–water partition coefficient (Wildman–Crippen LogP) is 5.18. The molecule has 2 N–H and O–H groups in total. The summed E-state index contributed by atoms with van der Waals surface area (Å²) in [5.41, 5.74) is 6.07. The Labute approximate surface area is 199 Å². The summed E-state index contributed by atoms with van der Waals surface area (Å²) in [4.78, 5) is 35.6. The van der Waals surface area contributed by atoms with Crippen molar-refractivity contribution in [3.63, 3.8) is 0 Å². The summed E-state index contributed by atoms with van der Waals surface area (Å²) in [6, 6.07) is 10.4. The first-order valence-corrected chi connectivity index (χ1v) is 10.9. The average Bonchev–Trinajstić information content (AvgIpc) is 3.16. The Hall–Kier alpha value is -3.98. The van der Waals surface area contributed by atoms with E-state index in [0.717, 1.165) is 12.0 Å². The molecule has 0 unspecified atom stereocenters. The van der Waals surface area contributed by atoms with Crippen LogP contribution in [-0.2, 0) is 6.42 Å². The molecular formula is C24H21ClN4O5. The summed E-state index contributed by atoms with van der Waals surface area (Å²) in [6.45, 7) is 3.63. The van der Waals surface area contributed by atoms with Crippen LogP contribution in [0.1, 0.15) is 56.2 Å². The highest BCUT2D eigenvalue weighted by Crippen LogP contribution is 2.31. The molecule has 0 saturated heterocycles. The zero-order chi connectivity index (χ0) is 24.4. The van der Waals surface area contributed by atoms with Crippen LogP contribution in [0.4, 0.5) is 11.4 Å². The fourth-order valence-electron chi connectivity index (χ4n) is 3.86. The van der Waals surface area contributed by atoms with E-state index in [9.17, 15) is 19.7 Å². The lowest BCUT2D eigenvalue weighted by atomic mass is 9.93. The number of nitrogens with zero attached hydrogens (tertiary/aromatic N) is 2. The van der Waals surface area contributed by atoms with Gasteiger partial charge in [-0.2, -0.15) is 5.10 Å². The number of anilines is 1. The molecule has 0 atom stereocenters. The van der Waals surface area contributed by atoms with Gasteiger partial charge in [0.1, 0.15) is 5.76 Å². The van der Waals surface area contributed by atoms with Crippen LogP contribution in [-0.4, -0.2) is 22.4 Å². The van der Waals surface area contributed by atoms with Crippen LogP contribution in [0.25, 0.3) is 0 Å². The molecule has 2 aromatic carbocycles. The summed E-state index contributed by atoms with van der Waals surface area (Å²) in [5, 5.41) is 18.5. The predicted molar refractivity (Wildman–Crippen MR) is 128 cm³/mol. The topological polar surface area (TPSA) is 127 Å². The lowest BCUT2D eigenvalue weighted by molar-refractivity contribution is -0.384. The molecule has 1 aliphatic rings. The van der Waals surface area contributed by atoms with Crippen molar-refractivity contribution >= 4 is 40.5 Å². The van der Waals surface area contributed by atoms with E-state index in [0.29, 0.717) is 46.2 Å². The summed E-state index contributed by atoms with van der Waals surface area (Å²) in [7, 11) is 0. The van der Waals surface area contributed by atoms with Gasteiger partial charge >= 0.3 is 0 Å². The molecule has 0 radical (unpaired) electrons. The second-order valence-electron chi connectivity index (χ2n) is 7.92. The maximum absolute atomic E-state index is 12.9. The number of nitrogens with one attached hydrogen (secondary N) is 2. The van der Waals surface area contributed by atoms with E-state index >= 15 is 0 Å². The van der Waals surface area contributed by atoms with Gasteiger partial charge in [0.2, 0.25) is 0 Å². The number of nitro groups is 1. The van der Waals surface area contributed by atoms with E-state index in [1.807, 2.05) is 6.92 Å². The molecule has 34 heavy (non-hydrogen) atoms. The largest absolute Gasteiger partial charge is 0.455 e. The molecule has 3 aromatic rings. The van der Waals surface area contributed by atoms with Crippen LogP contribution in [0.5, 0.6) is 0 Å². The number of benzene rings is 2. The number of hydrogen-bond donors (Lipinski definition) is 2. The van der Waals surface area contributed by atoms with E-state index in [1.165, 1.54) is 24.3 Å². The number of carbonyl (C=O) groups excluding carboxylic acids is 2. The van der Waals surface area contributed by atoms with E-state index < -0.39 is 10.8 Å². The molecule has 0 fully saturated rings. The van der Waals surface area contributed by atoms with E-state index in [1.54, 1.807) is 25.1 Å². The highest BCUT2D eigenvalue weighted by Gasteiger charge is 2.28. The van der Waals surface area contributed by atoms with Crippen LogP contribution in [0.2, 0.25) is 5.02 Å². The molecule has 0 spiro atoms. The van der Waals surface area contributed by atoms with Crippen molar-refractivity contribution in [1.82, 2.24) is 5.43 Å². The number of fused-ring (bicyclic) bond motifs is 1. The number of aryl methyl sites for hydroxylation is 2. The minimum absolute atomic E-state index is 0.103. The van der Waals surface area contributed by atoms with Gasteiger partial charge in [0.25, 0.3) is 17.5 Å². The van der Waals surface area contributed by atoms with Gasteiger partial charge in [-0.15, -0.1) is 0 Å². The standard InChI is InChI=1S/C24H21ClN4O5/c1-13-12-16(25)8-11-18(13)26-24(31)22-14(2)21-19(4-3-5-20(21)34-22)27-28-23(30)15-6-9-17(10-7-15)29(32)33/h6-12H,3-5H2,1-2H3,(H,26,31)(H,28,30)/b27-19+. The van der Waals surface area contributed by atoms with Gasteiger partial charge in [0, 0.05) is 46.0 Å². The van der Waals surface area contributed by atoms with Crippen molar-refractivity contribution < 1.29 is 18.9 Å². The Morgan fingerprint density at radius 1 is 1.09 bits per heavy atom. The number of non-ortho nitro benzene ring substituents is 1. The highest BCUT2D eigenvalue weighted by molar-refractivity contribution is 6.30. The van der Waals surface area contributed by atoms with E-state index in [2.05, 4.69) is 15.8 Å². The first kappa shape index (κ1) is 23.2. The molecule has 0 saturated carbocycles. The van der Waals surface area contributed by atoms with Crippen LogP contribution < -0.4 is 10.7 Å². The molecular weight excluding hydrogens is 460 g/mol. The first-order chi connectivity index (χ1) is 16.2. The van der Waals surface area contributed by atoms with Gasteiger partial charge in [-0.25, -0.2) is 5.43 Å². The number of halogens is 1. The Balaban J connectivity index is 1.54. The normalized spacial score (nSPS) is 13.9. The van der Waals surface area contributed by atoms with Crippen molar-refractivity contribution in [3.8, 4) is 0 Å². The summed E-state index contributed by atoms with van der Waals surface area (Å²) >= 11 is 5.99. The SMILES string of the molecule is Cc1cc(Cl)ccc1NC(=O)c1oc2c(c1C)/C(=N/NC(=O)c1ccc([N+](=O)[O-])cc1)CCC2. The molecule has 2 amide bonds. The van der Waals surface area contributed by atoms with Crippen molar-refractivity contribution in [2.24, 2.45) is 5.10 Å². The lowest BCUT2D eigenvalue weighted by Crippen LogP contribution is -2.22. The van der Waals surface area contributed by atoms with Crippen LogP contribution in [0.3, 0.4) is 0 Å². The maximum Gasteiger partial charge on any atom is 0.291 e. The van der Waals surface area contributed by atoms with Gasteiger partial charge in [-0.3, -0.25) is 19.7 Å². The highest BCUT2D eigenvalue weighted by atomic mass is 35.5. The first-order valence-electron chi connectivity index (χ1n) is 10.6. The average molecular weight is 481 g/mol. The minimum Gasteiger partial charge on any atom is -0.455 e.